The highest BCUT2D eigenvalue weighted by Gasteiger charge is 2.19. The maximum absolute atomic E-state index is 4.58. The van der Waals surface area contributed by atoms with Crippen LogP contribution in [0.15, 0.2) is 18.6 Å². The van der Waals surface area contributed by atoms with Gasteiger partial charge in [0.2, 0.25) is 0 Å². The molecule has 0 radical (unpaired) electrons. The summed E-state index contributed by atoms with van der Waals surface area (Å²) >= 11 is 1.76. The van der Waals surface area contributed by atoms with Crippen molar-refractivity contribution in [2.45, 2.75) is 33.1 Å². The van der Waals surface area contributed by atoms with Gasteiger partial charge in [-0.3, -0.25) is 9.97 Å². The molecular weight excluding hydrogens is 280 g/mol. The van der Waals surface area contributed by atoms with Crippen LogP contribution in [0.5, 0.6) is 0 Å². The molecule has 0 amide bonds. The van der Waals surface area contributed by atoms with E-state index in [2.05, 4.69) is 34.1 Å². The van der Waals surface area contributed by atoms with Crippen LogP contribution in [0.1, 0.15) is 31.0 Å². The van der Waals surface area contributed by atoms with Gasteiger partial charge in [-0.05, 0) is 37.8 Å². The molecule has 4 nitrogen and oxygen atoms in total. The average Bonchev–Trinajstić information content (AvgIpc) is 3.11. The zero-order valence-electron chi connectivity index (χ0n) is 12.7. The summed E-state index contributed by atoms with van der Waals surface area (Å²) in [5.41, 5.74) is 2.14. The highest BCUT2D eigenvalue weighted by molar-refractivity contribution is 7.15. The van der Waals surface area contributed by atoms with E-state index < -0.39 is 0 Å². The van der Waals surface area contributed by atoms with Crippen LogP contribution in [-0.4, -0.2) is 28.0 Å². The molecule has 3 heterocycles. The molecule has 1 saturated heterocycles. The van der Waals surface area contributed by atoms with Crippen molar-refractivity contribution in [1.29, 1.82) is 0 Å². The Morgan fingerprint density at radius 1 is 1.29 bits per heavy atom. The molecule has 21 heavy (non-hydrogen) atoms. The molecule has 1 N–H and O–H groups in total. The summed E-state index contributed by atoms with van der Waals surface area (Å²) in [6.07, 6.45) is 8.82. The summed E-state index contributed by atoms with van der Waals surface area (Å²) < 4.78 is 0. The van der Waals surface area contributed by atoms with Crippen molar-refractivity contribution in [1.82, 2.24) is 20.3 Å². The third-order valence-corrected chi connectivity index (χ3v) is 4.81. The van der Waals surface area contributed by atoms with Crippen LogP contribution in [0, 0.1) is 11.8 Å². The lowest BCUT2D eigenvalue weighted by atomic mass is 10.0. The maximum atomic E-state index is 4.58. The van der Waals surface area contributed by atoms with Crippen molar-refractivity contribution in [3.8, 4) is 10.6 Å². The SMILES string of the molecule is CC(C)Cc1ncc(-c2nccnc2CC2CCNC2)s1. The molecule has 2 aromatic heterocycles. The van der Waals surface area contributed by atoms with Gasteiger partial charge in [0.15, 0.2) is 0 Å². The first-order chi connectivity index (χ1) is 10.2. The van der Waals surface area contributed by atoms with Gasteiger partial charge in [0, 0.05) is 25.0 Å². The van der Waals surface area contributed by atoms with Gasteiger partial charge < -0.3 is 5.32 Å². The minimum atomic E-state index is 0.634. The Morgan fingerprint density at radius 3 is 2.90 bits per heavy atom. The third-order valence-electron chi connectivity index (χ3n) is 3.79. The fourth-order valence-electron chi connectivity index (χ4n) is 2.75. The van der Waals surface area contributed by atoms with Gasteiger partial charge in [-0.25, -0.2) is 4.98 Å². The Labute approximate surface area is 130 Å². The Bertz CT molecular complexity index is 587. The minimum Gasteiger partial charge on any atom is -0.316 e. The van der Waals surface area contributed by atoms with Gasteiger partial charge in [-0.15, -0.1) is 11.3 Å². The summed E-state index contributed by atoms with van der Waals surface area (Å²) in [4.78, 5) is 14.8. The molecule has 1 atom stereocenters. The monoisotopic (exact) mass is 302 g/mol. The standard InChI is InChI=1S/C16H22N4S/c1-11(2)7-15-20-10-14(21-15)16-13(18-5-6-19-16)8-12-3-4-17-9-12/h5-6,10-12,17H,3-4,7-9H2,1-2H3. The van der Waals surface area contributed by atoms with Gasteiger partial charge in [0.05, 0.1) is 15.6 Å². The first kappa shape index (κ1) is 14.6. The molecule has 1 unspecified atom stereocenters. The highest BCUT2D eigenvalue weighted by atomic mass is 32.1. The van der Waals surface area contributed by atoms with Crippen LogP contribution in [0.3, 0.4) is 0 Å². The van der Waals surface area contributed by atoms with E-state index in [-0.39, 0.29) is 0 Å². The molecule has 1 aliphatic rings. The molecule has 112 valence electrons. The van der Waals surface area contributed by atoms with E-state index >= 15 is 0 Å². The Balaban J connectivity index is 1.82. The predicted octanol–water partition coefficient (Wildman–Crippen LogP) is 2.95. The Morgan fingerprint density at radius 2 is 2.14 bits per heavy atom. The van der Waals surface area contributed by atoms with Gasteiger partial charge in [0.25, 0.3) is 0 Å². The van der Waals surface area contributed by atoms with Crippen molar-refractivity contribution in [3.63, 3.8) is 0 Å². The van der Waals surface area contributed by atoms with E-state index in [0.29, 0.717) is 11.8 Å². The fourth-order valence-corrected chi connectivity index (χ4v) is 3.90. The van der Waals surface area contributed by atoms with Crippen LogP contribution in [0.25, 0.3) is 10.6 Å². The van der Waals surface area contributed by atoms with Crippen LogP contribution < -0.4 is 5.32 Å². The van der Waals surface area contributed by atoms with E-state index in [1.54, 1.807) is 23.7 Å². The normalized spacial score (nSPS) is 18.5. The number of hydrogen-bond acceptors (Lipinski definition) is 5. The summed E-state index contributed by atoms with van der Waals surface area (Å²) in [5, 5.41) is 4.61. The van der Waals surface area contributed by atoms with Crippen molar-refractivity contribution < 1.29 is 0 Å². The number of thiazole rings is 1. The molecule has 3 rings (SSSR count). The zero-order chi connectivity index (χ0) is 14.7. The molecule has 0 aliphatic carbocycles. The number of aromatic nitrogens is 3. The number of nitrogens with zero attached hydrogens (tertiary/aromatic N) is 3. The number of hydrogen-bond donors (Lipinski definition) is 1. The fraction of sp³-hybridized carbons (Fsp3) is 0.562. The molecule has 5 heteroatoms. The van der Waals surface area contributed by atoms with Crippen LogP contribution in [-0.2, 0) is 12.8 Å². The van der Waals surface area contributed by atoms with Crippen LogP contribution >= 0.6 is 11.3 Å². The van der Waals surface area contributed by atoms with Crippen molar-refractivity contribution in [3.05, 3.63) is 29.3 Å². The molecular formula is C16H22N4S. The summed E-state index contributed by atoms with van der Waals surface area (Å²) in [7, 11) is 0. The largest absolute Gasteiger partial charge is 0.316 e. The maximum Gasteiger partial charge on any atom is 0.103 e. The summed E-state index contributed by atoms with van der Waals surface area (Å²) in [6.45, 7) is 6.67. The Hall–Kier alpha value is -1.33. The number of rotatable bonds is 5. The second-order valence-corrected chi connectivity index (χ2v) is 7.25. The molecule has 0 bridgehead atoms. The first-order valence-electron chi connectivity index (χ1n) is 7.68. The quantitative estimate of drug-likeness (QED) is 0.922. The van der Waals surface area contributed by atoms with Crippen molar-refractivity contribution in [2.75, 3.05) is 13.1 Å². The summed E-state index contributed by atoms with van der Waals surface area (Å²) in [6, 6.07) is 0. The third kappa shape index (κ3) is 3.66. The highest BCUT2D eigenvalue weighted by Crippen LogP contribution is 2.29. The smallest absolute Gasteiger partial charge is 0.103 e. The lowest BCUT2D eigenvalue weighted by molar-refractivity contribution is 0.571. The molecule has 2 aromatic rings. The van der Waals surface area contributed by atoms with E-state index in [9.17, 15) is 0 Å². The van der Waals surface area contributed by atoms with Crippen molar-refractivity contribution in [2.24, 2.45) is 11.8 Å². The zero-order valence-corrected chi connectivity index (χ0v) is 13.5. The molecule has 1 aliphatic heterocycles. The van der Waals surface area contributed by atoms with E-state index in [4.69, 9.17) is 0 Å². The van der Waals surface area contributed by atoms with E-state index in [1.165, 1.54) is 11.4 Å². The summed E-state index contributed by atoms with van der Waals surface area (Å²) in [5.74, 6) is 1.32. The number of nitrogens with one attached hydrogen (secondary N) is 1. The molecule has 0 saturated carbocycles. The van der Waals surface area contributed by atoms with Gasteiger partial charge >= 0.3 is 0 Å². The predicted molar refractivity (Wildman–Crippen MR) is 86.4 cm³/mol. The average molecular weight is 302 g/mol. The Kier molecular flexibility index (Phi) is 4.60. The van der Waals surface area contributed by atoms with E-state index in [1.807, 2.05) is 6.20 Å². The second-order valence-electron chi connectivity index (χ2n) is 6.13. The molecule has 0 aromatic carbocycles. The minimum absolute atomic E-state index is 0.634. The van der Waals surface area contributed by atoms with Crippen LogP contribution in [0.4, 0.5) is 0 Å². The second kappa shape index (κ2) is 6.62. The van der Waals surface area contributed by atoms with Gasteiger partial charge in [-0.2, -0.15) is 0 Å². The molecule has 1 fully saturated rings. The van der Waals surface area contributed by atoms with Crippen LogP contribution in [0.2, 0.25) is 0 Å². The van der Waals surface area contributed by atoms with Crippen molar-refractivity contribution >= 4 is 11.3 Å². The lowest BCUT2D eigenvalue weighted by Crippen LogP contribution is -2.12. The lowest BCUT2D eigenvalue weighted by Gasteiger charge is -2.10. The topological polar surface area (TPSA) is 50.7 Å². The van der Waals surface area contributed by atoms with Gasteiger partial charge in [0.1, 0.15) is 5.69 Å². The first-order valence-corrected chi connectivity index (χ1v) is 8.49. The van der Waals surface area contributed by atoms with Gasteiger partial charge in [-0.1, -0.05) is 13.8 Å². The van der Waals surface area contributed by atoms with E-state index in [0.717, 1.165) is 42.2 Å². The molecule has 0 spiro atoms.